The number of nitrogens with zero attached hydrogens (tertiary/aromatic N) is 1. The smallest absolute Gasteiger partial charge is 0.138 e. The van der Waals surface area contributed by atoms with Crippen molar-refractivity contribution in [3.8, 4) is 11.3 Å². The Morgan fingerprint density at radius 3 is 2.38 bits per heavy atom. The van der Waals surface area contributed by atoms with Crippen molar-refractivity contribution < 1.29 is 4.42 Å². The summed E-state index contributed by atoms with van der Waals surface area (Å²) in [6.45, 7) is 2.05. The summed E-state index contributed by atoms with van der Waals surface area (Å²) < 4.78 is 6.12. The highest BCUT2D eigenvalue weighted by atomic mass is 35.5. The first-order chi connectivity index (χ1) is 12.6. The number of fused-ring (bicyclic) bond motifs is 1. The summed E-state index contributed by atoms with van der Waals surface area (Å²) in [7, 11) is 0. The van der Waals surface area contributed by atoms with Gasteiger partial charge in [-0.1, -0.05) is 47.0 Å². The zero-order valence-corrected chi connectivity index (χ0v) is 15.6. The van der Waals surface area contributed by atoms with Crippen LogP contribution in [0.15, 0.2) is 82.2 Å². The summed E-state index contributed by atoms with van der Waals surface area (Å²) in [5, 5.41) is 3.10. The van der Waals surface area contributed by atoms with E-state index < -0.39 is 0 Å². The maximum absolute atomic E-state index is 6.36. The predicted molar refractivity (Wildman–Crippen MR) is 108 cm³/mol. The molecule has 3 aromatic carbocycles. The highest BCUT2D eigenvalue weighted by Gasteiger charge is 2.09. The van der Waals surface area contributed by atoms with Crippen molar-refractivity contribution in [3.63, 3.8) is 0 Å². The van der Waals surface area contributed by atoms with Crippen molar-refractivity contribution in [2.75, 3.05) is 0 Å². The van der Waals surface area contributed by atoms with Crippen molar-refractivity contribution >= 4 is 39.9 Å². The van der Waals surface area contributed by atoms with E-state index in [0.29, 0.717) is 15.8 Å². The molecule has 1 aromatic heterocycles. The molecule has 0 atom stereocenters. The van der Waals surface area contributed by atoms with Crippen LogP contribution >= 0.6 is 23.2 Å². The fourth-order valence-corrected chi connectivity index (χ4v) is 3.18. The Hall–Kier alpha value is -2.55. The van der Waals surface area contributed by atoms with Gasteiger partial charge in [-0.05, 0) is 55.5 Å². The summed E-state index contributed by atoms with van der Waals surface area (Å²) in [4.78, 5) is 4.81. The number of hydrogen-bond acceptors (Lipinski definition) is 2. The lowest BCUT2D eigenvalue weighted by Gasteiger charge is -2.07. The standard InChI is InChI=1S/C22H15Cl2NO/c1-14-6-11-21-18(12-14)20(25-16-9-7-15(23)8-10-16)13-22(26-21)17-4-2-3-5-19(17)24/h2-13H,1H3. The normalized spacial score (nSPS) is 11.9. The molecule has 26 heavy (non-hydrogen) atoms. The quantitative estimate of drug-likeness (QED) is 0.370. The van der Waals surface area contributed by atoms with Gasteiger partial charge in [-0.3, -0.25) is 0 Å². The van der Waals surface area contributed by atoms with Gasteiger partial charge in [0.2, 0.25) is 0 Å². The second-order valence-electron chi connectivity index (χ2n) is 6.06. The molecule has 0 saturated carbocycles. The van der Waals surface area contributed by atoms with E-state index in [9.17, 15) is 0 Å². The van der Waals surface area contributed by atoms with E-state index in [-0.39, 0.29) is 0 Å². The van der Waals surface area contributed by atoms with E-state index in [4.69, 9.17) is 32.6 Å². The minimum Gasteiger partial charge on any atom is -0.456 e. The summed E-state index contributed by atoms with van der Waals surface area (Å²) in [5.41, 5.74) is 3.57. The Bertz CT molecular complexity index is 1160. The second kappa shape index (κ2) is 6.99. The van der Waals surface area contributed by atoms with Gasteiger partial charge in [-0.25, -0.2) is 4.99 Å². The molecule has 4 heteroatoms. The van der Waals surface area contributed by atoms with E-state index in [1.54, 1.807) is 0 Å². The first kappa shape index (κ1) is 16.9. The number of benzene rings is 3. The average molecular weight is 380 g/mol. The summed E-state index contributed by atoms with van der Waals surface area (Å²) in [6.07, 6.45) is 0. The van der Waals surface area contributed by atoms with Crippen LogP contribution in [0.5, 0.6) is 0 Å². The Labute approximate surface area is 161 Å². The molecule has 4 aromatic rings. The highest BCUT2D eigenvalue weighted by Crippen LogP contribution is 2.29. The fourth-order valence-electron chi connectivity index (χ4n) is 2.82. The van der Waals surface area contributed by atoms with Crippen molar-refractivity contribution in [1.29, 1.82) is 0 Å². The highest BCUT2D eigenvalue weighted by molar-refractivity contribution is 6.33. The minimum atomic E-state index is 0.639. The van der Waals surface area contributed by atoms with Gasteiger partial charge in [0.05, 0.1) is 16.1 Å². The Balaban J connectivity index is 2.02. The third-order valence-corrected chi connectivity index (χ3v) is 4.70. The van der Waals surface area contributed by atoms with Crippen LogP contribution in [-0.2, 0) is 0 Å². The Morgan fingerprint density at radius 1 is 0.846 bits per heavy atom. The summed E-state index contributed by atoms with van der Waals surface area (Å²) in [6, 6.07) is 23.1. The van der Waals surface area contributed by atoms with Gasteiger partial charge in [0, 0.05) is 22.0 Å². The molecular formula is C22H15Cl2NO. The number of hydrogen-bond donors (Lipinski definition) is 0. The van der Waals surface area contributed by atoms with Crippen LogP contribution in [0.25, 0.3) is 22.3 Å². The lowest BCUT2D eigenvalue weighted by atomic mass is 10.1. The maximum atomic E-state index is 6.36. The Kier molecular flexibility index (Phi) is 4.54. The molecule has 0 amide bonds. The molecule has 0 aliphatic carbocycles. The van der Waals surface area contributed by atoms with Gasteiger partial charge in [0.25, 0.3) is 0 Å². The van der Waals surface area contributed by atoms with Gasteiger partial charge >= 0.3 is 0 Å². The lowest BCUT2D eigenvalue weighted by molar-refractivity contribution is 0.618. The molecule has 2 nitrogen and oxygen atoms in total. The third kappa shape index (κ3) is 3.39. The molecule has 0 N–H and O–H groups in total. The molecule has 0 aliphatic rings. The molecule has 0 fully saturated rings. The SMILES string of the molecule is Cc1ccc2oc(-c3ccccc3Cl)cc(=Nc3ccc(Cl)cc3)c2c1. The predicted octanol–water partition coefficient (Wildman–Crippen LogP) is 6.95. The second-order valence-corrected chi connectivity index (χ2v) is 6.91. The molecule has 0 radical (unpaired) electrons. The van der Waals surface area contributed by atoms with E-state index in [1.807, 2.05) is 73.7 Å². The van der Waals surface area contributed by atoms with E-state index in [2.05, 4.69) is 6.07 Å². The van der Waals surface area contributed by atoms with E-state index >= 15 is 0 Å². The van der Waals surface area contributed by atoms with Crippen LogP contribution in [0.3, 0.4) is 0 Å². The van der Waals surface area contributed by atoms with Gasteiger partial charge in [-0.15, -0.1) is 0 Å². The zero-order chi connectivity index (χ0) is 18.1. The zero-order valence-electron chi connectivity index (χ0n) is 14.0. The largest absolute Gasteiger partial charge is 0.456 e. The molecule has 0 unspecified atom stereocenters. The number of rotatable bonds is 2. The van der Waals surface area contributed by atoms with Crippen molar-refractivity contribution in [3.05, 3.63) is 93.8 Å². The average Bonchev–Trinajstić information content (AvgIpc) is 2.64. The van der Waals surface area contributed by atoms with Gasteiger partial charge < -0.3 is 4.42 Å². The lowest BCUT2D eigenvalue weighted by Crippen LogP contribution is -2.03. The van der Waals surface area contributed by atoms with Crippen LogP contribution in [-0.4, -0.2) is 0 Å². The van der Waals surface area contributed by atoms with E-state index in [0.717, 1.165) is 33.1 Å². The number of halogens is 2. The molecule has 0 aliphatic heterocycles. The van der Waals surface area contributed by atoms with Crippen LogP contribution in [0, 0.1) is 6.92 Å². The van der Waals surface area contributed by atoms with Gasteiger partial charge in [0.1, 0.15) is 11.3 Å². The molecule has 0 spiro atoms. The van der Waals surface area contributed by atoms with Crippen LogP contribution < -0.4 is 5.36 Å². The topological polar surface area (TPSA) is 25.5 Å². The molecule has 0 saturated heterocycles. The fraction of sp³-hybridized carbons (Fsp3) is 0.0455. The van der Waals surface area contributed by atoms with Crippen molar-refractivity contribution in [1.82, 2.24) is 0 Å². The number of aryl methyl sites for hydroxylation is 1. The molecule has 4 rings (SSSR count). The van der Waals surface area contributed by atoms with Crippen molar-refractivity contribution in [2.45, 2.75) is 6.92 Å². The van der Waals surface area contributed by atoms with E-state index in [1.165, 1.54) is 0 Å². The Morgan fingerprint density at radius 2 is 1.62 bits per heavy atom. The van der Waals surface area contributed by atoms with Gasteiger partial charge in [0.15, 0.2) is 0 Å². The van der Waals surface area contributed by atoms with Gasteiger partial charge in [-0.2, -0.15) is 0 Å². The monoisotopic (exact) mass is 379 g/mol. The molecule has 0 bridgehead atoms. The first-order valence-corrected chi connectivity index (χ1v) is 8.95. The molecule has 1 heterocycles. The van der Waals surface area contributed by atoms with Crippen LogP contribution in [0.4, 0.5) is 5.69 Å². The molecule has 128 valence electrons. The van der Waals surface area contributed by atoms with Crippen molar-refractivity contribution in [2.24, 2.45) is 4.99 Å². The minimum absolute atomic E-state index is 0.639. The molecular weight excluding hydrogens is 365 g/mol. The third-order valence-electron chi connectivity index (χ3n) is 4.11. The van der Waals surface area contributed by atoms with Crippen LogP contribution in [0.2, 0.25) is 10.0 Å². The maximum Gasteiger partial charge on any atom is 0.138 e. The van der Waals surface area contributed by atoms with Crippen LogP contribution in [0.1, 0.15) is 5.56 Å². The summed E-state index contributed by atoms with van der Waals surface area (Å²) >= 11 is 12.3. The first-order valence-electron chi connectivity index (χ1n) is 8.20. The summed E-state index contributed by atoms with van der Waals surface area (Å²) in [5.74, 6) is 0.680.